The molecule has 3 atom stereocenters. The Morgan fingerprint density at radius 2 is 1.77 bits per heavy atom. The predicted octanol–water partition coefficient (Wildman–Crippen LogP) is 4.81. The lowest BCUT2D eigenvalue weighted by molar-refractivity contribution is -0.122. The predicted molar refractivity (Wildman–Crippen MR) is 157 cm³/mol. The molecule has 4 rings (SSSR count). The molecule has 242 valence electrons. The maximum absolute atomic E-state index is 14.7. The van der Waals surface area contributed by atoms with Gasteiger partial charge in [-0.1, -0.05) is 6.07 Å². The smallest absolute Gasteiger partial charge is 0.387 e. The molecular weight excluding hydrogens is 633 g/mol. The van der Waals surface area contributed by atoms with Crippen LogP contribution in [0, 0.1) is 17.6 Å². The topological polar surface area (TPSA) is 155 Å². The molecule has 0 aliphatic heterocycles. The van der Waals surface area contributed by atoms with Gasteiger partial charge in [-0.3, -0.25) is 9.59 Å². The van der Waals surface area contributed by atoms with Crippen molar-refractivity contribution in [2.45, 2.75) is 51.4 Å². The zero-order valence-electron chi connectivity index (χ0n) is 23.7. The van der Waals surface area contributed by atoms with E-state index in [0.29, 0.717) is 18.6 Å². The second-order valence-corrected chi connectivity index (χ2v) is 10.0. The first kappa shape index (κ1) is 36.6. The van der Waals surface area contributed by atoms with Gasteiger partial charge in [-0.25, -0.2) is 13.8 Å². The Bertz CT molecular complexity index is 1440. The largest absolute Gasteiger partial charge is 0.489 e. The van der Waals surface area contributed by atoms with E-state index < -0.39 is 48.2 Å². The summed E-state index contributed by atoms with van der Waals surface area (Å²) < 4.78 is 70.2. The normalized spacial score (nSPS) is 14.5. The van der Waals surface area contributed by atoms with Crippen LogP contribution < -0.4 is 31.6 Å². The summed E-state index contributed by atoms with van der Waals surface area (Å²) in [4.78, 5) is 29.8. The lowest BCUT2D eigenvalue weighted by Gasteiger charge is -2.21. The number of amides is 2. The van der Waals surface area contributed by atoms with Crippen molar-refractivity contribution in [3.8, 4) is 23.0 Å². The van der Waals surface area contributed by atoms with Crippen LogP contribution in [-0.4, -0.2) is 42.6 Å². The van der Waals surface area contributed by atoms with Crippen LogP contribution in [-0.2, 0) is 4.79 Å². The Morgan fingerprint density at radius 1 is 1.07 bits per heavy atom. The number of nitrogens with one attached hydrogen (secondary N) is 2. The molecule has 1 aromatic heterocycles. The van der Waals surface area contributed by atoms with E-state index in [9.17, 15) is 27.2 Å². The SMILES string of the molecule is CC(N)C(=O)NCC(NC(=O)c1nc(-c2ccc(OC(F)F)c(OCC3CC3)c2)oc1[C@H](C)N)c1ccc(F)cc1F.Cl.Cl. The number of alkyl halides is 2. The molecule has 0 bridgehead atoms. The molecule has 44 heavy (non-hydrogen) atoms. The quantitative estimate of drug-likeness (QED) is 0.190. The van der Waals surface area contributed by atoms with E-state index in [1.165, 1.54) is 25.1 Å². The van der Waals surface area contributed by atoms with Crippen LogP contribution in [0.3, 0.4) is 0 Å². The zero-order chi connectivity index (χ0) is 30.6. The van der Waals surface area contributed by atoms with Gasteiger partial charge in [-0.05, 0) is 56.9 Å². The van der Waals surface area contributed by atoms with Crippen LogP contribution in [0.25, 0.3) is 11.5 Å². The average Bonchev–Trinajstić information content (AvgIpc) is 3.64. The van der Waals surface area contributed by atoms with Gasteiger partial charge >= 0.3 is 6.61 Å². The fraction of sp³-hybridized carbons (Fsp3) is 0.393. The number of benzene rings is 2. The van der Waals surface area contributed by atoms with Gasteiger partial charge in [0.15, 0.2) is 23.0 Å². The van der Waals surface area contributed by atoms with Crippen LogP contribution in [0.5, 0.6) is 11.5 Å². The highest BCUT2D eigenvalue weighted by molar-refractivity contribution is 5.94. The first-order chi connectivity index (χ1) is 19.9. The van der Waals surface area contributed by atoms with Crippen molar-refractivity contribution in [3.05, 3.63) is 65.1 Å². The third-order valence-electron chi connectivity index (χ3n) is 6.40. The number of oxazole rings is 1. The van der Waals surface area contributed by atoms with Crippen molar-refractivity contribution in [3.63, 3.8) is 0 Å². The lowest BCUT2D eigenvalue weighted by Crippen LogP contribution is -2.43. The maximum Gasteiger partial charge on any atom is 0.387 e. The fourth-order valence-electron chi connectivity index (χ4n) is 3.98. The minimum absolute atomic E-state index is 0. The second-order valence-electron chi connectivity index (χ2n) is 10.0. The first-order valence-corrected chi connectivity index (χ1v) is 13.2. The van der Waals surface area contributed by atoms with Crippen LogP contribution >= 0.6 is 24.8 Å². The summed E-state index contributed by atoms with van der Waals surface area (Å²) in [5.41, 5.74) is 11.6. The minimum Gasteiger partial charge on any atom is -0.489 e. The van der Waals surface area contributed by atoms with Gasteiger partial charge in [0.25, 0.3) is 5.91 Å². The molecule has 1 fully saturated rings. The van der Waals surface area contributed by atoms with Crippen molar-refractivity contribution in [2.75, 3.05) is 13.2 Å². The zero-order valence-corrected chi connectivity index (χ0v) is 25.3. The van der Waals surface area contributed by atoms with Gasteiger partial charge in [-0.2, -0.15) is 8.78 Å². The van der Waals surface area contributed by atoms with Crippen LogP contribution in [0.2, 0.25) is 0 Å². The second kappa shape index (κ2) is 15.9. The summed E-state index contributed by atoms with van der Waals surface area (Å²) in [6, 6.07) is 4.02. The molecule has 1 saturated carbocycles. The van der Waals surface area contributed by atoms with E-state index in [1.54, 1.807) is 6.92 Å². The molecule has 2 unspecified atom stereocenters. The third kappa shape index (κ3) is 9.45. The molecule has 2 amide bonds. The number of nitrogens with two attached hydrogens (primary N) is 2. The van der Waals surface area contributed by atoms with E-state index >= 15 is 0 Å². The van der Waals surface area contributed by atoms with Crippen molar-refractivity contribution in [2.24, 2.45) is 17.4 Å². The Labute approximate surface area is 263 Å². The molecule has 0 radical (unpaired) electrons. The summed E-state index contributed by atoms with van der Waals surface area (Å²) in [5.74, 6) is -3.06. The van der Waals surface area contributed by atoms with E-state index in [4.69, 9.17) is 20.6 Å². The molecule has 1 aliphatic rings. The van der Waals surface area contributed by atoms with Crippen LogP contribution in [0.1, 0.15) is 60.6 Å². The molecule has 1 aliphatic carbocycles. The molecular formula is C28H33Cl2F4N5O5. The van der Waals surface area contributed by atoms with E-state index in [-0.39, 0.29) is 71.3 Å². The highest BCUT2D eigenvalue weighted by Gasteiger charge is 2.28. The van der Waals surface area contributed by atoms with Crippen LogP contribution in [0.4, 0.5) is 17.6 Å². The number of nitrogens with zero attached hydrogens (tertiary/aromatic N) is 1. The van der Waals surface area contributed by atoms with Gasteiger partial charge in [-0.15, -0.1) is 24.8 Å². The third-order valence-corrected chi connectivity index (χ3v) is 6.40. The maximum atomic E-state index is 14.7. The summed E-state index contributed by atoms with van der Waals surface area (Å²) in [7, 11) is 0. The lowest BCUT2D eigenvalue weighted by atomic mass is 10.0. The molecule has 6 N–H and O–H groups in total. The van der Waals surface area contributed by atoms with Crippen molar-refractivity contribution >= 4 is 36.6 Å². The number of carbonyl (C=O) groups is 2. The summed E-state index contributed by atoms with van der Waals surface area (Å²) in [6.07, 6.45) is 1.94. The minimum atomic E-state index is -3.07. The first-order valence-electron chi connectivity index (χ1n) is 13.2. The summed E-state index contributed by atoms with van der Waals surface area (Å²) in [6.45, 7) is -0.0429. The molecule has 3 aromatic rings. The number of hydrogen-bond donors (Lipinski definition) is 4. The van der Waals surface area contributed by atoms with Crippen molar-refractivity contribution < 1.29 is 41.0 Å². The Kier molecular flexibility index (Phi) is 13.3. The Balaban J connectivity index is 0.00000337. The van der Waals surface area contributed by atoms with Gasteiger partial charge in [0.05, 0.1) is 24.7 Å². The number of aromatic nitrogens is 1. The van der Waals surface area contributed by atoms with Crippen LogP contribution in [0.15, 0.2) is 40.8 Å². The highest BCUT2D eigenvalue weighted by Crippen LogP contribution is 2.37. The highest BCUT2D eigenvalue weighted by atomic mass is 35.5. The average molecular weight is 667 g/mol. The molecule has 0 saturated heterocycles. The molecule has 2 aromatic carbocycles. The number of ether oxygens (including phenoxy) is 2. The molecule has 1 heterocycles. The molecule has 10 nitrogen and oxygen atoms in total. The van der Waals surface area contributed by atoms with Crippen molar-refractivity contribution in [1.29, 1.82) is 0 Å². The van der Waals surface area contributed by atoms with Gasteiger partial charge in [0.2, 0.25) is 11.8 Å². The number of carbonyl (C=O) groups excluding carboxylic acids is 2. The van der Waals surface area contributed by atoms with E-state index in [1.807, 2.05) is 0 Å². The number of rotatable bonds is 13. The van der Waals surface area contributed by atoms with Crippen molar-refractivity contribution in [1.82, 2.24) is 15.6 Å². The molecule has 0 spiro atoms. The van der Waals surface area contributed by atoms with Gasteiger partial charge in [0, 0.05) is 23.7 Å². The fourth-order valence-corrected chi connectivity index (χ4v) is 3.98. The monoisotopic (exact) mass is 665 g/mol. The van der Waals surface area contributed by atoms with E-state index in [0.717, 1.165) is 25.0 Å². The Hall–Kier alpha value is -3.59. The number of hydrogen-bond acceptors (Lipinski definition) is 8. The van der Waals surface area contributed by atoms with Gasteiger partial charge < -0.3 is 36.0 Å². The summed E-state index contributed by atoms with van der Waals surface area (Å²) in [5, 5.41) is 5.09. The van der Waals surface area contributed by atoms with Gasteiger partial charge in [0.1, 0.15) is 11.6 Å². The standard InChI is InChI=1S/C28H31F4N5O5.2ClH/c1-13(33)24-23(26(39)36-20(11-35-25(38)14(2)34)18-7-6-17(29)10-19(18)30)37-27(42-24)16-5-8-21(41-28(31)32)22(9-16)40-12-15-3-4-15;;/h5-10,13-15,20,28H,3-4,11-12,33-34H2,1-2H3,(H,35,38)(H,36,39);2*1H/t13-,14?,20?;;/m0../s1. The Morgan fingerprint density at radius 3 is 2.36 bits per heavy atom. The van der Waals surface area contributed by atoms with E-state index in [2.05, 4.69) is 20.4 Å². The molecule has 16 heteroatoms. The number of halogens is 6. The summed E-state index contributed by atoms with van der Waals surface area (Å²) >= 11 is 0.